The van der Waals surface area contributed by atoms with E-state index in [-0.39, 0.29) is 12.2 Å². The van der Waals surface area contributed by atoms with Crippen LogP contribution in [-0.4, -0.2) is 47.7 Å². The molecule has 26 heavy (non-hydrogen) atoms. The Bertz CT molecular complexity index is 713. The van der Waals surface area contributed by atoms with Gasteiger partial charge in [-0.2, -0.15) is 0 Å². The Morgan fingerprint density at radius 1 is 1.19 bits per heavy atom. The lowest BCUT2D eigenvalue weighted by Gasteiger charge is -2.29. The molecule has 0 aliphatic heterocycles. The van der Waals surface area contributed by atoms with Gasteiger partial charge in [0.2, 0.25) is 0 Å². The quantitative estimate of drug-likeness (QED) is 0.208. The lowest BCUT2D eigenvalue weighted by molar-refractivity contribution is -0.137. The van der Waals surface area contributed by atoms with E-state index >= 15 is 0 Å². The summed E-state index contributed by atoms with van der Waals surface area (Å²) in [5, 5.41) is 22.1. The van der Waals surface area contributed by atoms with E-state index in [0.29, 0.717) is 11.8 Å². The first-order valence-corrected chi connectivity index (χ1v) is 8.17. The number of amides is 3. The van der Waals surface area contributed by atoms with Gasteiger partial charge in [-0.3, -0.25) is 19.6 Å². The smallest absolute Gasteiger partial charge is 0.275 e. The van der Waals surface area contributed by atoms with Crippen molar-refractivity contribution in [3.63, 3.8) is 0 Å². The molecule has 5 N–H and O–H groups in total. The molecule has 0 radical (unpaired) electrons. The molecule has 3 amide bonds. The second kappa shape index (κ2) is 8.99. The first kappa shape index (κ1) is 19.4. The Kier molecular flexibility index (Phi) is 6.72. The van der Waals surface area contributed by atoms with Crippen LogP contribution in [0.25, 0.3) is 0 Å². The fourth-order valence-electron chi connectivity index (χ4n) is 2.57. The van der Waals surface area contributed by atoms with E-state index in [1.165, 1.54) is 24.7 Å². The van der Waals surface area contributed by atoms with Gasteiger partial charge in [0, 0.05) is 30.7 Å². The van der Waals surface area contributed by atoms with Crippen molar-refractivity contribution in [2.24, 2.45) is 11.8 Å². The highest BCUT2D eigenvalue weighted by Crippen LogP contribution is 2.32. The molecule has 138 valence electrons. The summed E-state index contributed by atoms with van der Waals surface area (Å²) in [5.74, 6) is 4.37. The number of likely N-dealkylation sites (N-methyl/N-ethyl adjacent to an activating group) is 1. The normalized spacial score (nSPS) is 19.2. The minimum Gasteiger partial charge on any atom is -0.396 e. The van der Waals surface area contributed by atoms with Crippen LogP contribution in [0.1, 0.15) is 28.8 Å². The molecular formula is C18H21N3O5. The Morgan fingerprint density at radius 3 is 2.38 bits per heavy atom. The lowest BCUT2D eigenvalue weighted by Crippen LogP contribution is -2.54. The van der Waals surface area contributed by atoms with Crippen molar-refractivity contribution >= 4 is 17.7 Å². The summed E-state index contributed by atoms with van der Waals surface area (Å²) in [5.41, 5.74) is 2.33. The summed E-state index contributed by atoms with van der Waals surface area (Å²) in [6.45, 7) is 0.202. The Balaban J connectivity index is 1.98. The summed E-state index contributed by atoms with van der Waals surface area (Å²) in [6.07, 6.45) is 1.80. The van der Waals surface area contributed by atoms with Crippen molar-refractivity contribution < 1.29 is 24.7 Å². The van der Waals surface area contributed by atoms with E-state index in [9.17, 15) is 14.4 Å². The molecule has 1 unspecified atom stereocenters. The highest BCUT2D eigenvalue weighted by Gasteiger charge is 2.28. The van der Waals surface area contributed by atoms with E-state index in [1.54, 1.807) is 12.1 Å². The molecule has 0 heterocycles. The highest BCUT2D eigenvalue weighted by molar-refractivity contribution is 6.08. The third-order valence-electron chi connectivity index (χ3n) is 4.22. The topological polar surface area (TPSA) is 128 Å². The molecule has 0 saturated heterocycles. The summed E-state index contributed by atoms with van der Waals surface area (Å²) < 4.78 is 0. The molecule has 1 aliphatic carbocycles. The largest absolute Gasteiger partial charge is 0.396 e. The average Bonchev–Trinajstić information content (AvgIpc) is 2.64. The summed E-state index contributed by atoms with van der Waals surface area (Å²) in [4.78, 5) is 35.3. The zero-order valence-electron chi connectivity index (χ0n) is 14.3. The van der Waals surface area contributed by atoms with Crippen molar-refractivity contribution in [1.29, 1.82) is 0 Å². The number of aliphatic hydroxyl groups is 1. The van der Waals surface area contributed by atoms with Gasteiger partial charge in [0.25, 0.3) is 17.7 Å². The lowest BCUT2D eigenvalue weighted by atomic mass is 9.76. The van der Waals surface area contributed by atoms with Crippen molar-refractivity contribution in [1.82, 2.24) is 16.1 Å². The Hall–Kier alpha value is -2.89. The van der Waals surface area contributed by atoms with Crippen LogP contribution in [0.2, 0.25) is 0 Å². The van der Waals surface area contributed by atoms with Gasteiger partial charge in [-0.25, -0.2) is 5.48 Å². The highest BCUT2D eigenvalue weighted by atomic mass is 16.5. The Labute approximate surface area is 150 Å². The third-order valence-corrected chi connectivity index (χ3v) is 4.22. The molecule has 1 aromatic carbocycles. The number of hydrogen-bond acceptors (Lipinski definition) is 5. The van der Waals surface area contributed by atoms with Crippen molar-refractivity contribution in [2.45, 2.75) is 18.9 Å². The zero-order valence-corrected chi connectivity index (χ0v) is 14.3. The Morgan fingerprint density at radius 2 is 1.85 bits per heavy atom. The minimum absolute atomic E-state index is 0.202. The molecule has 1 atom stereocenters. The molecular weight excluding hydrogens is 338 g/mol. The number of nitrogens with one attached hydrogen (secondary N) is 3. The predicted octanol–water partition coefficient (Wildman–Crippen LogP) is -0.594. The number of carbonyl (C=O) groups is 3. The molecule has 1 aliphatic rings. The van der Waals surface area contributed by atoms with E-state index in [2.05, 4.69) is 22.5 Å². The molecule has 2 rings (SSSR count). The fraction of sp³-hybridized carbons (Fsp3) is 0.389. The SMILES string of the molecule is CNC(=O)C(NC(=O)c1ccc(C#CC2CC(CO)C2)cc1)C(=O)NO. The van der Waals surface area contributed by atoms with Crippen LogP contribution in [-0.2, 0) is 9.59 Å². The van der Waals surface area contributed by atoms with Crippen LogP contribution in [0.3, 0.4) is 0 Å². The fourth-order valence-corrected chi connectivity index (χ4v) is 2.57. The number of hydrogen-bond donors (Lipinski definition) is 5. The first-order chi connectivity index (χ1) is 12.5. The third kappa shape index (κ3) is 4.81. The number of benzene rings is 1. The van der Waals surface area contributed by atoms with Gasteiger partial charge < -0.3 is 15.7 Å². The second-order valence-corrected chi connectivity index (χ2v) is 6.06. The molecule has 0 spiro atoms. The van der Waals surface area contributed by atoms with Crippen molar-refractivity contribution in [3.05, 3.63) is 35.4 Å². The summed E-state index contributed by atoms with van der Waals surface area (Å²) >= 11 is 0. The predicted molar refractivity (Wildman–Crippen MR) is 91.9 cm³/mol. The van der Waals surface area contributed by atoms with Crippen molar-refractivity contribution in [2.75, 3.05) is 13.7 Å². The maximum Gasteiger partial charge on any atom is 0.275 e. The summed E-state index contributed by atoms with van der Waals surface area (Å²) in [6, 6.07) is 4.87. The van der Waals surface area contributed by atoms with Gasteiger partial charge >= 0.3 is 0 Å². The van der Waals surface area contributed by atoms with Gasteiger partial charge in [0.1, 0.15) is 0 Å². The van der Waals surface area contributed by atoms with Gasteiger partial charge in [0.05, 0.1) is 0 Å². The molecule has 0 bridgehead atoms. The van der Waals surface area contributed by atoms with Crippen LogP contribution >= 0.6 is 0 Å². The molecule has 1 saturated carbocycles. The average molecular weight is 359 g/mol. The van der Waals surface area contributed by atoms with E-state index in [4.69, 9.17) is 10.3 Å². The number of aliphatic hydroxyl groups excluding tert-OH is 1. The van der Waals surface area contributed by atoms with E-state index < -0.39 is 23.8 Å². The van der Waals surface area contributed by atoms with Crippen LogP contribution in [0.15, 0.2) is 24.3 Å². The maximum atomic E-state index is 12.2. The first-order valence-electron chi connectivity index (χ1n) is 8.17. The molecule has 1 aromatic rings. The number of carbonyl (C=O) groups excluding carboxylic acids is 3. The van der Waals surface area contributed by atoms with Crippen molar-refractivity contribution in [3.8, 4) is 11.8 Å². The van der Waals surface area contributed by atoms with Crippen LogP contribution in [0.4, 0.5) is 0 Å². The molecule has 0 aromatic heterocycles. The van der Waals surface area contributed by atoms with Crippen LogP contribution in [0, 0.1) is 23.7 Å². The monoisotopic (exact) mass is 359 g/mol. The van der Waals surface area contributed by atoms with E-state index in [1.807, 2.05) is 0 Å². The standard InChI is InChI=1S/C18H21N3O5/c1-19-17(24)15(18(25)21-26)20-16(23)14-6-4-11(5-7-14)2-3-12-8-13(9-12)10-22/h4-7,12-13,15,22,26H,8-10H2,1H3,(H,19,24)(H,20,23)(H,21,25). The number of hydroxylamine groups is 1. The second-order valence-electron chi connectivity index (χ2n) is 6.06. The maximum absolute atomic E-state index is 12.2. The zero-order chi connectivity index (χ0) is 19.1. The summed E-state index contributed by atoms with van der Waals surface area (Å²) in [7, 11) is 1.31. The van der Waals surface area contributed by atoms with Gasteiger partial charge in [-0.15, -0.1) is 0 Å². The van der Waals surface area contributed by atoms with E-state index in [0.717, 1.165) is 18.4 Å². The van der Waals surface area contributed by atoms with Gasteiger partial charge in [-0.1, -0.05) is 11.8 Å². The van der Waals surface area contributed by atoms with Crippen LogP contribution in [0.5, 0.6) is 0 Å². The van der Waals surface area contributed by atoms with Gasteiger partial charge in [-0.05, 0) is 43.0 Å². The van der Waals surface area contributed by atoms with Gasteiger partial charge in [0.15, 0.2) is 6.04 Å². The minimum atomic E-state index is -1.55. The molecule has 1 fully saturated rings. The van der Waals surface area contributed by atoms with Crippen LogP contribution < -0.4 is 16.1 Å². The molecule has 8 nitrogen and oxygen atoms in total. The molecule has 8 heteroatoms. The number of rotatable bonds is 5.